The third kappa shape index (κ3) is 1.23. The van der Waals surface area contributed by atoms with E-state index in [4.69, 9.17) is 4.74 Å². The summed E-state index contributed by atoms with van der Waals surface area (Å²) in [6.45, 7) is 0. The first-order valence-electron chi connectivity index (χ1n) is 4.23. The highest BCUT2D eigenvalue weighted by Gasteiger charge is 2.04. The molecule has 1 heterocycles. The van der Waals surface area contributed by atoms with E-state index in [1.807, 2.05) is 24.3 Å². The van der Waals surface area contributed by atoms with Gasteiger partial charge in [0, 0.05) is 17.0 Å². The molecular weight excluding hydrogens is 178 g/mol. The summed E-state index contributed by atoms with van der Waals surface area (Å²) in [5.41, 5.74) is 0.446. The van der Waals surface area contributed by atoms with Crippen LogP contribution in [0.2, 0.25) is 0 Å². The molecule has 0 N–H and O–H groups in total. The highest BCUT2D eigenvalue weighted by molar-refractivity contribution is 5.98. The molecule has 1 aromatic heterocycles. The number of aromatic nitrogens is 1. The van der Waals surface area contributed by atoms with E-state index < -0.39 is 0 Å². The van der Waals surface area contributed by atoms with Gasteiger partial charge in [-0.05, 0) is 12.1 Å². The van der Waals surface area contributed by atoms with Gasteiger partial charge in [-0.3, -0.25) is 9.78 Å². The summed E-state index contributed by atoms with van der Waals surface area (Å²) in [7, 11) is 1.61. The molecule has 0 bridgehead atoms. The van der Waals surface area contributed by atoms with Gasteiger partial charge < -0.3 is 4.74 Å². The number of methoxy groups -OCH3 is 1. The zero-order valence-electron chi connectivity index (χ0n) is 7.73. The minimum atomic E-state index is 0.446. The largest absolute Gasteiger partial charge is 0.496 e. The second kappa shape index (κ2) is 3.46. The SMILES string of the molecule is COc1cccc2c(C=O)nccc12. The minimum absolute atomic E-state index is 0.446. The van der Waals surface area contributed by atoms with E-state index in [9.17, 15) is 4.79 Å². The number of ether oxygens (including phenoxy) is 1. The summed E-state index contributed by atoms with van der Waals surface area (Å²) >= 11 is 0. The first kappa shape index (κ1) is 8.69. The Balaban J connectivity index is 2.84. The second-order valence-corrected chi connectivity index (χ2v) is 2.87. The molecule has 0 unspecified atom stereocenters. The maximum atomic E-state index is 10.7. The molecule has 0 saturated carbocycles. The lowest BCUT2D eigenvalue weighted by atomic mass is 10.1. The molecule has 14 heavy (non-hydrogen) atoms. The first-order valence-corrected chi connectivity index (χ1v) is 4.23. The molecule has 0 atom stereocenters. The Morgan fingerprint density at radius 2 is 2.14 bits per heavy atom. The van der Waals surface area contributed by atoms with Crippen molar-refractivity contribution in [1.29, 1.82) is 0 Å². The fraction of sp³-hybridized carbons (Fsp3) is 0.0909. The molecule has 0 saturated heterocycles. The van der Waals surface area contributed by atoms with E-state index in [0.717, 1.165) is 22.8 Å². The Kier molecular flexibility index (Phi) is 2.14. The highest BCUT2D eigenvalue weighted by Crippen LogP contribution is 2.25. The molecule has 0 aliphatic heterocycles. The predicted octanol–water partition coefficient (Wildman–Crippen LogP) is 2.06. The van der Waals surface area contributed by atoms with Crippen LogP contribution in [0, 0.1) is 0 Å². The van der Waals surface area contributed by atoms with Gasteiger partial charge in [-0.15, -0.1) is 0 Å². The fourth-order valence-corrected chi connectivity index (χ4v) is 1.47. The van der Waals surface area contributed by atoms with Crippen molar-refractivity contribution in [3.63, 3.8) is 0 Å². The summed E-state index contributed by atoms with van der Waals surface area (Å²) < 4.78 is 5.18. The Morgan fingerprint density at radius 1 is 1.29 bits per heavy atom. The summed E-state index contributed by atoms with van der Waals surface area (Å²) in [6, 6.07) is 7.39. The maximum Gasteiger partial charge on any atom is 0.169 e. The molecule has 70 valence electrons. The molecule has 3 heteroatoms. The van der Waals surface area contributed by atoms with Crippen LogP contribution < -0.4 is 4.74 Å². The standard InChI is InChI=1S/C11H9NO2/c1-14-11-4-2-3-8-9(11)5-6-12-10(8)7-13/h2-7H,1H3. The van der Waals surface area contributed by atoms with Crippen LogP contribution in [0.25, 0.3) is 10.8 Å². The predicted molar refractivity (Wildman–Crippen MR) is 53.7 cm³/mol. The van der Waals surface area contributed by atoms with Gasteiger partial charge in [-0.2, -0.15) is 0 Å². The van der Waals surface area contributed by atoms with E-state index >= 15 is 0 Å². The number of carbonyl (C=O) groups excluding carboxylic acids is 1. The zero-order chi connectivity index (χ0) is 9.97. The van der Waals surface area contributed by atoms with Crippen molar-refractivity contribution in [3.8, 4) is 5.75 Å². The topological polar surface area (TPSA) is 39.2 Å². The molecule has 2 aromatic rings. The number of pyridine rings is 1. The summed E-state index contributed by atoms with van der Waals surface area (Å²) in [6.07, 6.45) is 2.36. The van der Waals surface area contributed by atoms with E-state index in [-0.39, 0.29) is 0 Å². The third-order valence-corrected chi connectivity index (χ3v) is 2.13. The summed E-state index contributed by atoms with van der Waals surface area (Å²) in [5, 5.41) is 1.73. The molecule has 0 fully saturated rings. The van der Waals surface area contributed by atoms with E-state index in [0.29, 0.717) is 5.69 Å². The van der Waals surface area contributed by atoms with Crippen LogP contribution in [0.5, 0.6) is 5.75 Å². The van der Waals surface area contributed by atoms with Crippen molar-refractivity contribution in [2.24, 2.45) is 0 Å². The van der Waals surface area contributed by atoms with Crippen molar-refractivity contribution in [1.82, 2.24) is 4.98 Å². The average Bonchev–Trinajstić information content (AvgIpc) is 2.27. The van der Waals surface area contributed by atoms with Crippen LogP contribution in [0.1, 0.15) is 10.5 Å². The van der Waals surface area contributed by atoms with E-state index in [2.05, 4.69) is 4.98 Å². The molecular formula is C11H9NO2. The Bertz CT molecular complexity index is 480. The van der Waals surface area contributed by atoms with Crippen LogP contribution in [0.3, 0.4) is 0 Å². The normalized spacial score (nSPS) is 10.1. The molecule has 3 nitrogen and oxygen atoms in total. The number of aldehydes is 1. The fourth-order valence-electron chi connectivity index (χ4n) is 1.47. The molecule has 0 radical (unpaired) electrons. The van der Waals surface area contributed by atoms with Crippen molar-refractivity contribution < 1.29 is 9.53 Å². The second-order valence-electron chi connectivity index (χ2n) is 2.87. The van der Waals surface area contributed by atoms with Crippen LogP contribution in [0.4, 0.5) is 0 Å². The lowest BCUT2D eigenvalue weighted by molar-refractivity contribution is 0.112. The van der Waals surface area contributed by atoms with E-state index in [1.165, 1.54) is 0 Å². The quantitative estimate of drug-likeness (QED) is 0.675. The van der Waals surface area contributed by atoms with Gasteiger partial charge in [0.15, 0.2) is 6.29 Å². The lowest BCUT2D eigenvalue weighted by Crippen LogP contribution is -1.90. The third-order valence-electron chi connectivity index (χ3n) is 2.13. The average molecular weight is 187 g/mol. The monoisotopic (exact) mass is 187 g/mol. The molecule has 2 rings (SSSR count). The summed E-state index contributed by atoms with van der Waals surface area (Å²) in [4.78, 5) is 14.7. The maximum absolute atomic E-state index is 10.7. The van der Waals surface area contributed by atoms with Gasteiger partial charge in [-0.25, -0.2) is 0 Å². The minimum Gasteiger partial charge on any atom is -0.496 e. The van der Waals surface area contributed by atoms with Crippen LogP contribution in [-0.2, 0) is 0 Å². The highest BCUT2D eigenvalue weighted by atomic mass is 16.5. The number of benzene rings is 1. The van der Waals surface area contributed by atoms with Crippen molar-refractivity contribution >= 4 is 17.1 Å². The molecule has 0 aliphatic carbocycles. The van der Waals surface area contributed by atoms with Crippen molar-refractivity contribution in [2.45, 2.75) is 0 Å². The molecule has 0 amide bonds. The van der Waals surface area contributed by atoms with E-state index in [1.54, 1.807) is 13.3 Å². The van der Waals surface area contributed by atoms with Crippen molar-refractivity contribution in [3.05, 3.63) is 36.2 Å². The van der Waals surface area contributed by atoms with Crippen LogP contribution >= 0.6 is 0 Å². The molecule has 0 spiro atoms. The van der Waals surface area contributed by atoms with Gasteiger partial charge in [0.2, 0.25) is 0 Å². The van der Waals surface area contributed by atoms with Gasteiger partial charge in [0.1, 0.15) is 11.4 Å². The number of hydrogen-bond donors (Lipinski definition) is 0. The van der Waals surface area contributed by atoms with Gasteiger partial charge in [0.05, 0.1) is 7.11 Å². The zero-order valence-corrected chi connectivity index (χ0v) is 7.73. The lowest BCUT2D eigenvalue weighted by Gasteiger charge is -2.05. The number of nitrogens with zero attached hydrogens (tertiary/aromatic N) is 1. The smallest absolute Gasteiger partial charge is 0.169 e. The van der Waals surface area contributed by atoms with Crippen LogP contribution in [0.15, 0.2) is 30.5 Å². The number of rotatable bonds is 2. The Hall–Kier alpha value is -1.90. The molecule has 0 aliphatic rings. The van der Waals surface area contributed by atoms with Gasteiger partial charge in [-0.1, -0.05) is 12.1 Å². The van der Waals surface area contributed by atoms with Gasteiger partial charge >= 0.3 is 0 Å². The Morgan fingerprint density at radius 3 is 2.86 bits per heavy atom. The first-order chi connectivity index (χ1) is 6.86. The summed E-state index contributed by atoms with van der Waals surface area (Å²) in [5.74, 6) is 0.757. The number of fused-ring (bicyclic) bond motifs is 1. The number of carbonyl (C=O) groups is 1. The number of hydrogen-bond acceptors (Lipinski definition) is 3. The Labute approximate surface area is 81.3 Å². The van der Waals surface area contributed by atoms with Gasteiger partial charge in [0.25, 0.3) is 0 Å². The molecule has 1 aromatic carbocycles. The van der Waals surface area contributed by atoms with Crippen LogP contribution in [-0.4, -0.2) is 18.4 Å². The van der Waals surface area contributed by atoms with Crippen molar-refractivity contribution in [2.75, 3.05) is 7.11 Å².